The minimum absolute atomic E-state index is 0.128. The van der Waals surface area contributed by atoms with Crippen molar-refractivity contribution in [1.82, 2.24) is 10.1 Å². The molecule has 0 unspecified atom stereocenters. The summed E-state index contributed by atoms with van der Waals surface area (Å²) in [6.07, 6.45) is 0. The lowest BCUT2D eigenvalue weighted by atomic mass is 10.0. The maximum atomic E-state index is 12.0. The molecule has 0 aliphatic carbocycles. The van der Waals surface area contributed by atoms with Gasteiger partial charge in [-0.3, -0.25) is 4.79 Å². The van der Waals surface area contributed by atoms with E-state index >= 15 is 0 Å². The van der Waals surface area contributed by atoms with Gasteiger partial charge in [0.2, 0.25) is 0 Å². The average Bonchev–Trinajstić information content (AvgIpc) is 2.98. The molecule has 1 N–H and O–H groups in total. The number of aliphatic hydroxyl groups is 1. The summed E-state index contributed by atoms with van der Waals surface area (Å²) >= 11 is 1.54. The number of amides is 1. The van der Waals surface area contributed by atoms with Crippen LogP contribution in [0.1, 0.15) is 10.5 Å². The molecule has 1 amide bonds. The van der Waals surface area contributed by atoms with Crippen LogP contribution in [-0.4, -0.2) is 40.8 Å². The van der Waals surface area contributed by atoms with Crippen molar-refractivity contribution < 1.29 is 14.4 Å². The maximum absolute atomic E-state index is 12.0. The van der Waals surface area contributed by atoms with Gasteiger partial charge in [0.1, 0.15) is 0 Å². The summed E-state index contributed by atoms with van der Waals surface area (Å²) in [5.41, 5.74) is 0.329. The van der Waals surface area contributed by atoms with Gasteiger partial charge in [0.05, 0.1) is 4.88 Å². The third kappa shape index (κ3) is 1.93. The van der Waals surface area contributed by atoms with Crippen molar-refractivity contribution in [3.63, 3.8) is 0 Å². The second-order valence-electron chi connectivity index (χ2n) is 4.31. The summed E-state index contributed by atoms with van der Waals surface area (Å²) in [7, 11) is 0. The predicted octanol–water partition coefficient (Wildman–Crippen LogP) is 1.47. The van der Waals surface area contributed by atoms with E-state index in [2.05, 4.69) is 5.16 Å². The van der Waals surface area contributed by atoms with Crippen molar-refractivity contribution in [3.8, 4) is 10.6 Å². The number of hydrogen-bond acceptors (Lipinski definition) is 5. The summed E-state index contributed by atoms with van der Waals surface area (Å²) < 4.78 is 5.17. The zero-order valence-corrected chi connectivity index (χ0v) is 10.4. The third-order valence-corrected chi connectivity index (χ3v) is 3.88. The minimum Gasteiger partial charge on any atom is -0.396 e. The van der Waals surface area contributed by atoms with Gasteiger partial charge in [-0.25, -0.2) is 0 Å². The van der Waals surface area contributed by atoms with Gasteiger partial charge in [-0.15, -0.1) is 11.3 Å². The molecule has 94 valence electrons. The van der Waals surface area contributed by atoms with Crippen molar-refractivity contribution in [2.45, 2.75) is 0 Å². The Kier molecular flexibility index (Phi) is 2.89. The molecule has 3 heterocycles. The van der Waals surface area contributed by atoms with Crippen LogP contribution in [0.3, 0.4) is 0 Å². The van der Waals surface area contributed by atoms with Crippen LogP contribution in [0.15, 0.2) is 28.1 Å². The lowest BCUT2D eigenvalue weighted by molar-refractivity contribution is 0.0353. The normalized spacial score (nSPS) is 15.7. The van der Waals surface area contributed by atoms with Crippen LogP contribution in [0.4, 0.5) is 0 Å². The zero-order chi connectivity index (χ0) is 12.5. The predicted molar refractivity (Wildman–Crippen MR) is 66.3 cm³/mol. The van der Waals surface area contributed by atoms with E-state index in [0.29, 0.717) is 24.5 Å². The fourth-order valence-electron chi connectivity index (χ4n) is 1.92. The van der Waals surface area contributed by atoms with Gasteiger partial charge in [0, 0.05) is 31.7 Å². The SMILES string of the molecule is O=C(c1cc(-c2cccs2)on1)N1CC(CO)C1. The summed E-state index contributed by atoms with van der Waals surface area (Å²) in [6, 6.07) is 5.51. The molecule has 0 bridgehead atoms. The first-order valence-electron chi connectivity index (χ1n) is 5.68. The highest BCUT2D eigenvalue weighted by Crippen LogP contribution is 2.26. The van der Waals surface area contributed by atoms with E-state index in [9.17, 15) is 4.79 Å². The van der Waals surface area contributed by atoms with E-state index in [1.54, 1.807) is 22.3 Å². The molecule has 6 heteroatoms. The number of rotatable bonds is 3. The molecule has 1 saturated heterocycles. The Labute approximate surface area is 108 Å². The summed E-state index contributed by atoms with van der Waals surface area (Å²) in [5.74, 6) is 0.691. The summed E-state index contributed by atoms with van der Waals surface area (Å²) in [6.45, 7) is 1.32. The van der Waals surface area contributed by atoms with Crippen LogP contribution in [0, 0.1) is 5.92 Å². The van der Waals surface area contributed by atoms with E-state index in [-0.39, 0.29) is 18.4 Å². The van der Waals surface area contributed by atoms with Gasteiger partial charge in [-0.05, 0) is 11.4 Å². The molecule has 2 aromatic heterocycles. The van der Waals surface area contributed by atoms with Gasteiger partial charge in [0.25, 0.3) is 5.91 Å². The van der Waals surface area contributed by atoms with Gasteiger partial charge >= 0.3 is 0 Å². The first-order valence-corrected chi connectivity index (χ1v) is 6.56. The number of aliphatic hydroxyl groups excluding tert-OH is 1. The number of likely N-dealkylation sites (tertiary alicyclic amines) is 1. The molecule has 0 radical (unpaired) electrons. The van der Waals surface area contributed by atoms with Crippen molar-refractivity contribution in [2.75, 3.05) is 19.7 Å². The molecule has 0 atom stereocenters. The zero-order valence-electron chi connectivity index (χ0n) is 9.57. The Balaban J connectivity index is 1.72. The van der Waals surface area contributed by atoms with Gasteiger partial charge in [-0.1, -0.05) is 11.2 Å². The smallest absolute Gasteiger partial charge is 0.276 e. The molecule has 18 heavy (non-hydrogen) atoms. The Bertz CT molecular complexity index is 543. The van der Waals surface area contributed by atoms with Crippen molar-refractivity contribution in [1.29, 1.82) is 0 Å². The van der Waals surface area contributed by atoms with E-state index in [1.165, 1.54) is 0 Å². The fraction of sp³-hybridized carbons (Fsp3) is 0.333. The maximum Gasteiger partial charge on any atom is 0.276 e. The monoisotopic (exact) mass is 264 g/mol. The molecule has 2 aromatic rings. The van der Waals surface area contributed by atoms with Crippen LogP contribution < -0.4 is 0 Å². The van der Waals surface area contributed by atoms with Crippen molar-refractivity contribution in [3.05, 3.63) is 29.3 Å². The van der Waals surface area contributed by atoms with E-state index in [0.717, 1.165) is 4.88 Å². The lowest BCUT2D eigenvalue weighted by Crippen LogP contribution is -2.51. The number of aromatic nitrogens is 1. The van der Waals surface area contributed by atoms with Crippen LogP contribution in [-0.2, 0) is 0 Å². The second-order valence-corrected chi connectivity index (χ2v) is 5.26. The highest BCUT2D eigenvalue weighted by Gasteiger charge is 2.32. The number of hydrogen-bond donors (Lipinski definition) is 1. The fourth-order valence-corrected chi connectivity index (χ4v) is 2.60. The first-order chi connectivity index (χ1) is 8.78. The summed E-state index contributed by atoms with van der Waals surface area (Å²) in [5, 5.41) is 14.7. The molecule has 5 nitrogen and oxygen atoms in total. The highest BCUT2D eigenvalue weighted by molar-refractivity contribution is 7.13. The van der Waals surface area contributed by atoms with E-state index < -0.39 is 0 Å². The lowest BCUT2D eigenvalue weighted by Gasteiger charge is -2.37. The van der Waals surface area contributed by atoms with Crippen molar-refractivity contribution in [2.24, 2.45) is 5.92 Å². The molecule has 1 aliphatic heterocycles. The van der Waals surface area contributed by atoms with Gasteiger partial charge < -0.3 is 14.5 Å². The van der Waals surface area contributed by atoms with E-state index in [4.69, 9.17) is 9.63 Å². The molecule has 3 rings (SSSR count). The van der Waals surface area contributed by atoms with Gasteiger partial charge in [0.15, 0.2) is 11.5 Å². The number of nitrogens with zero attached hydrogens (tertiary/aromatic N) is 2. The quantitative estimate of drug-likeness (QED) is 0.911. The Morgan fingerprint density at radius 1 is 1.61 bits per heavy atom. The van der Waals surface area contributed by atoms with Crippen LogP contribution in [0.2, 0.25) is 0 Å². The Hall–Kier alpha value is -1.66. The molecule has 0 spiro atoms. The van der Waals surface area contributed by atoms with E-state index in [1.807, 2.05) is 17.5 Å². The topological polar surface area (TPSA) is 66.6 Å². The second kappa shape index (κ2) is 4.55. The Morgan fingerprint density at radius 3 is 3.11 bits per heavy atom. The summed E-state index contributed by atoms with van der Waals surface area (Å²) in [4.78, 5) is 14.6. The minimum atomic E-state index is -0.133. The molecule has 0 aromatic carbocycles. The third-order valence-electron chi connectivity index (χ3n) is 3.00. The largest absolute Gasteiger partial charge is 0.396 e. The average molecular weight is 264 g/mol. The molecular formula is C12H12N2O3S. The molecule has 0 saturated carbocycles. The van der Waals surface area contributed by atoms with Crippen LogP contribution in [0.25, 0.3) is 10.6 Å². The highest BCUT2D eigenvalue weighted by atomic mass is 32.1. The van der Waals surface area contributed by atoms with Crippen LogP contribution in [0.5, 0.6) is 0 Å². The van der Waals surface area contributed by atoms with Crippen LogP contribution >= 0.6 is 11.3 Å². The van der Waals surface area contributed by atoms with Gasteiger partial charge in [-0.2, -0.15) is 0 Å². The number of carbonyl (C=O) groups excluding carboxylic acids is 1. The first kappa shape index (κ1) is 11.4. The number of thiophene rings is 1. The molecule has 1 aliphatic rings. The Morgan fingerprint density at radius 2 is 2.44 bits per heavy atom. The van der Waals surface area contributed by atoms with Crippen molar-refractivity contribution >= 4 is 17.2 Å². The molecular weight excluding hydrogens is 252 g/mol. The molecule has 1 fully saturated rings. The standard InChI is InChI=1S/C12H12N2O3S/c15-7-8-5-14(6-8)12(16)9-4-10(17-13-9)11-2-1-3-18-11/h1-4,8,15H,5-7H2. The number of carbonyl (C=O) groups is 1.